The standard InChI is InChI=1S/C14H29N3O2S.ClH/c1-3-17(20(2,18)19)14-6-10-16(11-7-14)12-13-4-8-15-9-5-13;/h13-15H,3-12H2,1-2H3;1H. The first-order valence-corrected chi connectivity index (χ1v) is 9.75. The van der Waals surface area contributed by atoms with E-state index in [-0.39, 0.29) is 18.4 Å². The molecule has 5 nitrogen and oxygen atoms in total. The molecule has 2 aliphatic heterocycles. The molecule has 2 rings (SSSR count). The quantitative estimate of drug-likeness (QED) is 0.816. The van der Waals surface area contributed by atoms with Crippen LogP contribution in [0.15, 0.2) is 0 Å². The van der Waals surface area contributed by atoms with Crippen LogP contribution in [-0.4, -0.2) is 69.2 Å². The molecule has 0 aromatic heterocycles. The summed E-state index contributed by atoms with van der Waals surface area (Å²) in [7, 11) is -3.05. The summed E-state index contributed by atoms with van der Waals surface area (Å²) in [6, 6.07) is 0.208. The minimum Gasteiger partial charge on any atom is -0.317 e. The fourth-order valence-corrected chi connectivity index (χ4v) is 4.80. The number of likely N-dealkylation sites (tertiary alicyclic amines) is 1. The van der Waals surface area contributed by atoms with Crippen LogP contribution in [0.1, 0.15) is 32.6 Å². The van der Waals surface area contributed by atoms with Crippen molar-refractivity contribution in [2.45, 2.75) is 38.6 Å². The van der Waals surface area contributed by atoms with Crippen LogP contribution in [0, 0.1) is 5.92 Å². The van der Waals surface area contributed by atoms with Gasteiger partial charge >= 0.3 is 0 Å². The smallest absolute Gasteiger partial charge is 0.211 e. The SMILES string of the molecule is CCN(C1CCN(CC2CCNCC2)CC1)S(C)(=O)=O.Cl. The van der Waals surface area contributed by atoms with E-state index >= 15 is 0 Å². The summed E-state index contributed by atoms with van der Waals surface area (Å²) in [4.78, 5) is 2.53. The van der Waals surface area contributed by atoms with E-state index in [1.165, 1.54) is 25.6 Å². The van der Waals surface area contributed by atoms with Gasteiger partial charge in [-0.2, -0.15) is 4.31 Å². The molecule has 1 N–H and O–H groups in total. The number of piperidine rings is 2. The Bertz CT molecular complexity index is 391. The fourth-order valence-electron chi connectivity index (χ4n) is 3.58. The van der Waals surface area contributed by atoms with Gasteiger partial charge in [-0.25, -0.2) is 8.42 Å². The van der Waals surface area contributed by atoms with E-state index in [4.69, 9.17) is 0 Å². The Kier molecular flexibility index (Phi) is 7.92. The molecule has 0 spiro atoms. The lowest BCUT2D eigenvalue weighted by Gasteiger charge is -2.38. The van der Waals surface area contributed by atoms with Crippen molar-refractivity contribution in [3.05, 3.63) is 0 Å². The van der Waals surface area contributed by atoms with Crippen LogP contribution in [0.5, 0.6) is 0 Å². The molecule has 0 amide bonds. The molecule has 2 fully saturated rings. The van der Waals surface area contributed by atoms with E-state index in [2.05, 4.69) is 10.2 Å². The van der Waals surface area contributed by atoms with Gasteiger partial charge in [0, 0.05) is 19.1 Å². The van der Waals surface area contributed by atoms with Gasteiger partial charge in [0.25, 0.3) is 0 Å². The third kappa shape index (κ3) is 5.67. The van der Waals surface area contributed by atoms with Crippen LogP contribution in [0.2, 0.25) is 0 Å². The molecule has 0 aromatic rings. The van der Waals surface area contributed by atoms with E-state index in [0.717, 1.165) is 44.9 Å². The number of rotatable bonds is 5. The molecular formula is C14H30ClN3O2S. The Morgan fingerprint density at radius 2 is 1.71 bits per heavy atom. The molecule has 0 aliphatic carbocycles. The Hall–Kier alpha value is 0.120. The second-order valence-corrected chi connectivity index (χ2v) is 8.13. The largest absolute Gasteiger partial charge is 0.317 e. The lowest BCUT2D eigenvalue weighted by atomic mass is 9.96. The molecule has 2 heterocycles. The van der Waals surface area contributed by atoms with Crippen LogP contribution in [0.4, 0.5) is 0 Å². The molecule has 7 heteroatoms. The maximum atomic E-state index is 11.8. The van der Waals surface area contributed by atoms with Crippen molar-refractivity contribution in [2.75, 3.05) is 45.5 Å². The molecule has 0 bridgehead atoms. The lowest BCUT2D eigenvalue weighted by molar-refractivity contribution is 0.135. The number of nitrogens with zero attached hydrogens (tertiary/aromatic N) is 2. The van der Waals surface area contributed by atoms with Gasteiger partial charge in [-0.3, -0.25) is 0 Å². The van der Waals surface area contributed by atoms with Crippen molar-refractivity contribution < 1.29 is 8.42 Å². The average molecular weight is 340 g/mol. The van der Waals surface area contributed by atoms with Crippen LogP contribution in [-0.2, 0) is 10.0 Å². The van der Waals surface area contributed by atoms with Crippen molar-refractivity contribution in [3.63, 3.8) is 0 Å². The normalized spacial score (nSPS) is 23.2. The minimum absolute atomic E-state index is 0. The Morgan fingerprint density at radius 1 is 1.14 bits per heavy atom. The second-order valence-electron chi connectivity index (χ2n) is 6.19. The predicted molar refractivity (Wildman–Crippen MR) is 89.5 cm³/mol. The maximum Gasteiger partial charge on any atom is 0.211 e. The zero-order chi connectivity index (χ0) is 14.6. The predicted octanol–water partition coefficient (Wildman–Crippen LogP) is 1.15. The molecule has 0 unspecified atom stereocenters. The number of nitrogens with one attached hydrogen (secondary N) is 1. The topological polar surface area (TPSA) is 52.6 Å². The summed E-state index contributed by atoms with van der Waals surface area (Å²) in [5.41, 5.74) is 0. The van der Waals surface area contributed by atoms with E-state index in [1.54, 1.807) is 4.31 Å². The third-order valence-electron chi connectivity index (χ3n) is 4.68. The van der Waals surface area contributed by atoms with Crippen molar-refractivity contribution in [1.82, 2.24) is 14.5 Å². The highest BCUT2D eigenvalue weighted by molar-refractivity contribution is 7.88. The molecule has 21 heavy (non-hydrogen) atoms. The van der Waals surface area contributed by atoms with Crippen molar-refractivity contribution in [1.29, 1.82) is 0 Å². The first-order valence-electron chi connectivity index (χ1n) is 7.90. The summed E-state index contributed by atoms with van der Waals surface area (Å²) >= 11 is 0. The first kappa shape index (κ1) is 19.2. The molecule has 0 aromatic carbocycles. The molecule has 126 valence electrons. The van der Waals surface area contributed by atoms with Gasteiger partial charge in [0.2, 0.25) is 10.0 Å². The van der Waals surface area contributed by atoms with Crippen molar-refractivity contribution >= 4 is 22.4 Å². The molecule has 0 atom stereocenters. The number of halogens is 1. The highest BCUT2D eigenvalue weighted by atomic mass is 35.5. The molecule has 0 saturated carbocycles. The summed E-state index contributed by atoms with van der Waals surface area (Å²) in [5, 5.41) is 3.41. The number of hydrogen-bond donors (Lipinski definition) is 1. The molecule has 2 aliphatic rings. The van der Waals surface area contributed by atoms with Crippen molar-refractivity contribution in [2.24, 2.45) is 5.92 Å². The highest BCUT2D eigenvalue weighted by Gasteiger charge is 2.29. The summed E-state index contributed by atoms with van der Waals surface area (Å²) in [6.07, 6.45) is 5.85. The molecular weight excluding hydrogens is 310 g/mol. The molecule has 2 saturated heterocycles. The van der Waals surface area contributed by atoms with Gasteiger partial charge in [-0.05, 0) is 57.8 Å². The van der Waals surface area contributed by atoms with Gasteiger partial charge in [-0.1, -0.05) is 6.92 Å². The van der Waals surface area contributed by atoms with Gasteiger partial charge in [0.15, 0.2) is 0 Å². The van der Waals surface area contributed by atoms with E-state index < -0.39 is 10.0 Å². The maximum absolute atomic E-state index is 11.8. The van der Waals surface area contributed by atoms with Gasteiger partial charge in [0.1, 0.15) is 0 Å². The molecule has 0 radical (unpaired) electrons. The van der Waals surface area contributed by atoms with E-state index in [0.29, 0.717) is 6.54 Å². The van der Waals surface area contributed by atoms with Crippen LogP contribution >= 0.6 is 12.4 Å². The summed E-state index contributed by atoms with van der Waals surface area (Å²) in [6.45, 7) is 8.11. The van der Waals surface area contributed by atoms with Gasteiger partial charge in [-0.15, -0.1) is 12.4 Å². The monoisotopic (exact) mass is 339 g/mol. The lowest BCUT2D eigenvalue weighted by Crippen LogP contribution is -2.48. The second kappa shape index (κ2) is 8.67. The Labute approximate surface area is 135 Å². The van der Waals surface area contributed by atoms with Gasteiger partial charge < -0.3 is 10.2 Å². The fraction of sp³-hybridized carbons (Fsp3) is 1.00. The van der Waals surface area contributed by atoms with Crippen LogP contribution < -0.4 is 5.32 Å². The zero-order valence-corrected chi connectivity index (χ0v) is 14.9. The average Bonchev–Trinajstić information content (AvgIpc) is 2.41. The summed E-state index contributed by atoms with van der Waals surface area (Å²) < 4.78 is 25.2. The zero-order valence-electron chi connectivity index (χ0n) is 13.3. The first-order chi connectivity index (χ1) is 9.50. The van der Waals surface area contributed by atoms with Gasteiger partial charge in [0.05, 0.1) is 6.26 Å². The summed E-state index contributed by atoms with van der Waals surface area (Å²) in [5.74, 6) is 0.824. The Morgan fingerprint density at radius 3 is 2.19 bits per heavy atom. The Balaban J connectivity index is 0.00000220. The highest BCUT2D eigenvalue weighted by Crippen LogP contribution is 2.21. The van der Waals surface area contributed by atoms with E-state index in [9.17, 15) is 8.42 Å². The van der Waals surface area contributed by atoms with Crippen LogP contribution in [0.3, 0.4) is 0 Å². The van der Waals surface area contributed by atoms with Crippen molar-refractivity contribution in [3.8, 4) is 0 Å². The number of sulfonamides is 1. The minimum atomic E-state index is -3.05. The number of hydrogen-bond acceptors (Lipinski definition) is 4. The van der Waals surface area contributed by atoms with Crippen LogP contribution in [0.25, 0.3) is 0 Å². The third-order valence-corrected chi connectivity index (χ3v) is 6.09. The van der Waals surface area contributed by atoms with E-state index in [1.807, 2.05) is 6.92 Å².